The number of hydrogen-bond acceptors (Lipinski definition) is 4. The SMILES string of the molecule is COc1ccc(N2OCC(C#N)C2c2ccc(-c3ccccc3)cc2)cc1. The molecule has 3 aromatic carbocycles. The van der Waals surface area contributed by atoms with Crippen molar-refractivity contribution in [2.75, 3.05) is 18.8 Å². The van der Waals surface area contributed by atoms with Crippen molar-refractivity contribution in [2.45, 2.75) is 6.04 Å². The Morgan fingerprint density at radius 2 is 1.59 bits per heavy atom. The summed E-state index contributed by atoms with van der Waals surface area (Å²) in [4.78, 5) is 5.87. The minimum Gasteiger partial charge on any atom is -0.497 e. The first kappa shape index (κ1) is 17.1. The maximum Gasteiger partial charge on any atom is 0.119 e. The molecule has 2 unspecified atom stereocenters. The number of hydrogen-bond donors (Lipinski definition) is 0. The molecule has 27 heavy (non-hydrogen) atoms. The number of anilines is 1. The molecule has 3 aromatic rings. The summed E-state index contributed by atoms with van der Waals surface area (Å²) >= 11 is 0. The van der Waals surface area contributed by atoms with Crippen LogP contribution in [0.3, 0.4) is 0 Å². The lowest BCUT2D eigenvalue weighted by molar-refractivity contribution is 0.156. The molecule has 134 valence electrons. The normalized spacial score (nSPS) is 18.9. The van der Waals surface area contributed by atoms with E-state index >= 15 is 0 Å². The van der Waals surface area contributed by atoms with Gasteiger partial charge in [-0.25, -0.2) is 5.06 Å². The smallest absolute Gasteiger partial charge is 0.119 e. The number of ether oxygens (including phenoxy) is 1. The molecule has 1 aliphatic heterocycles. The Hall–Kier alpha value is -3.29. The Kier molecular flexibility index (Phi) is 4.78. The number of rotatable bonds is 4. The molecule has 4 rings (SSSR count). The number of hydroxylamine groups is 1. The van der Waals surface area contributed by atoms with E-state index in [-0.39, 0.29) is 12.0 Å². The summed E-state index contributed by atoms with van der Waals surface area (Å²) in [5.74, 6) is 0.563. The lowest BCUT2D eigenvalue weighted by atomic mass is 9.93. The average molecular weight is 356 g/mol. The van der Waals surface area contributed by atoms with Crippen LogP contribution in [0.1, 0.15) is 11.6 Å². The molecule has 4 heteroatoms. The summed E-state index contributed by atoms with van der Waals surface area (Å²) in [6.45, 7) is 0.383. The lowest BCUT2D eigenvalue weighted by Crippen LogP contribution is -2.23. The van der Waals surface area contributed by atoms with E-state index in [0.29, 0.717) is 6.61 Å². The van der Waals surface area contributed by atoms with E-state index in [4.69, 9.17) is 9.57 Å². The fourth-order valence-electron chi connectivity index (χ4n) is 3.44. The number of methoxy groups -OCH3 is 1. The van der Waals surface area contributed by atoms with E-state index < -0.39 is 0 Å². The molecular weight excluding hydrogens is 336 g/mol. The molecule has 0 aromatic heterocycles. The lowest BCUT2D eigenvalue weighted by Gasteiger charge is -2.26. The summed E-state index contributed by atoms with van der Waals surface area (Å²) < 4.78 is 5.23. The van der Waals surface area contributed by atoms with Gasteiger partial charge in [-0.15, -0.1) is 0 Å². The summed E-state index contributed by atoms with van der Waals surface area (Å²) in [5.41, 5.74) is 4.30. The maximum absolute atomic E-state index is 9.60. The van der Waals surface area contributed by atoms with E-state index in [9.17, 15) is 5.26 Å². The highest BCUT2D eigenvalue weighted by Gasteiger charge is 2.37. The van der Waals surface area contributed by atoms with Gasteiger partial charge in [-0.1, -0.05) is 54.6 Å². The molecule has 0 radical (unpaired) electrons. The number of nitriles is 1. The second-order valence-electron chi connectivity index (χ2n) is 6.49. The van der Waals surface area contributed by atoms with E-state index in [1.807, 2.05) is 47.5 Å². The van der Waals surface area contributed by atoms with Crippen molar-refractivity contribution < 1.29 is 9.57 Å². The highest BCUT2D eigenvalue weighted by molar-refractivity contribution is 5.64. The molecule has 0 bridgehead atoms. The third kappa shape index (κ3) is 3.38. The van der Waals surface area contributed by atoms with Crippen LogP contribution in [0.4, 0.5) is 5.69 Å². The van der Waals surface area contributed by atoms with Gasteiger partial charge in [0.2, 0.25) is 0 Å². The fraction of sp³-hybridized carbons (Fsp3) is 0.174. The molecule has 0 spiro atoms. The molecule has 2 atom stereocenters. The van der Waals surface area contributed by atoms with Crippen LogP contribution in [0.15, 0.2) is 78.9 Å². The molecule has 0 N–H and O–H groups in total. The third-order valence-electron chi connectivity index (χ3n) is 4.88. The van der Waals surface area contributed by atoms with Crippen LogP contribution in [0.2, 0.25) is 0 Å². The zero-order chi connectivity index (χ0) is 18.6. The Morgan fingerprint density at radius 3 is 2.22 bits per heavy atom. The summed E-state index contributed by atoms with van der Waals surface area (Å²) in [7, 11) is 1.64. The highest BCUT2D eigenvalue weighted by Crippen LogP contribution is 2.39. The summed E-state index contributed by atoms with van der Waals surface area (Å²) in [6, 6.07) is 28.6. The van der Waals surface area contributed by atoms with Crippen LogP contribution < -0.4 is 9.80 Å². The Morgan fingerprint density at radius 1 is 0.926 bits per heavy atom. The Labute approximate surface area is 159 Å². The molecule has 0 saturated carbocycles. The summed E-state index contributed by atoms with van der Waals surface area (Å²) in [6.07, 6.45) is 0. The van der Waals surface area contributed by atoms with Gasteiger partial charge in [-0.3, -0.25) is 4.84 Å². The molecule has 0 amide bonds. The molecule has 1 fully saturated rings. The van der Waals surface area contributed by atoms with Crippen LogP contribution in [0.25, 0.3) is 11.1 Å². The second-order valence-corrected chi connectivity index (χ2v) is 6.49. The zero-order valence-electron chi connectivity index (χ0n) is 15.1. The van der Waals surface area contributed by atoms with Crippen molar-refractivity contribution >= 4 is 5.69 Å². The van der Waals surface area contributed by atoms with E-state index in [0.717, 1.165) is 22.6 Å². The zero-order valence-corrected chi connectivity index (χ0v) is 15.1. The van der Waals surface area contributed by atoms with Gasteiger partial charge in [0, 0.05) is 0 Å². The second kappa shape index (κ2) is 7.53. The predicted molar refractivity (Wildman–Crippen MR) is 105 cm³/mol. The quantitative estimate of drug-likeness (QED) is 0.660. The predicted octanol–water partition coefficient (Wildman–Crippen LogP) is 4.99. The van der Waals surface area contributed by atoms with Gasteiger partial charge in [-0.05, 0) is 41.0 Å². The number of benzene rings is 3. The van der Waals surface area contributed by atoms with Gasteiger partial charge in [0.1, 0.15) is 5.75 Å². The molecule has 4 nitrogen and oxygen atoms in total. The van der Waals surface area contributed by atoms with Crippen molar-refractivity contribution in [2.24, 2.45) is 5.92 Å². The van der Waals surface area contributed by atoms with E-state index in [1.165, 1.54) is 5.56 Å². The van der Waals surface area contributed by atoms with E-state index in [2.05, 4.69) is 42.5 Å². The molecule has 1 heterocycles. The Balaban J connectivity index is 1.65. The molecular formula is C23H20N2O2. The molecule has 1 aliphatic rings. The summed E-state index contributed by atoms with van der Waals surface area (Å²) in [5, 5.41) is 11.4. The van der Waals surface area contributed by atoms with Crippen molar-refractivity contribution in [1.29, 1.82) is 5.26 Å². The minimum absolute atomic E-state index is 0.145. The third-order valence-corrected chi connectivity index (χ3v) is 4.88. The van der Waals surface area contributed by atoms with Crippen molar-refractivity contribution in [3.05, 3.63) is 84.4 Å². The standard InChI is InChI=1S/C23H20N2O2/c1-26-22-13-11-21(12-14-22)25-23(20(15-24)16-27-25)19-9-7-18(8-10-19)17-5-3-2-4-6-17/h2-14,20,23H,16H2,1H3. The maximum atomic E-state index is 9.60. The average Bonchev–Trinajstić information content (AvgIpc) is 3.18. The van der Waals surface area contributed by atoms with Gasteiger partial charge in [0.05, 0.1) is 37.4 Å². The molecule has 0 aliphatic carbocycles. The van der Waals surface area contributed by atoms with Gasteiger partial charge in [-0.2, -0.15) is 5.26 Å². The van der Waals surface area contributed by atoms with Crippen LogP contribution in [0, 0.1) is 17.2 Å². The van der Waals surface area contributed by atoms with Crippen LogP contribution in [-0.4, -0.2) is 13.7 Å². The van der Waals surface area contributed by atoms with Gasteiger partial charge in [0.25, 0.3) is 0 Å². The van der Waals surface area contributed by atoms with Crippen LogP contribution >= 0.6 is 0 Å². The van der Waals surface area contributed by atoms with Crippen molar-refractivity contribution in [3.63, 3.8) is 0 Å². The first-order valence-corrected chi connectivity index (χ1v) is 8.91. The van der Waals surface area contributed by atoms with Crippen LogP contribution in [-0.2, 0) is 4.84 Å². The van der Waals surface area contributed by atoms with Crippen molar-refractivity contribution in [1.82, 2.24) is 0 Å². The highest BCUT2D eigenvalue weighted by atomic mass is 16.7. The van der Waals surface area contributed by atoms with Gasteiger partial charge >= 0.3 is 0 Å². The minimum atomic E-state index is -0.227. The number of nitrogens with zero attached hydrogens (tertiary/aromatic N) is 2. The van der Waals surface area contributed by atoms with Gasteiger partial charge in [0.15, 0.2) is 0 Å². The van der Waals surface area contributed by atoms with Crippen LogP contribution in [0.5, 0.6) is 5.75 Å². The van der Waals surface area contributed by atoms with Gasteiger partial charge < -0.3 is 4.74 Å². The largest absolute Gasteiger partial charge is 0.497 e. The fourth-order valence-corrected chi connectivity index (χ4v) is 3.44. The van der Waals surface area contributed by atoms with Crippen molar-refractivity contribution in [3.8, 4) is 22.9 Å². The molecule has 1 saturated heterocycles. The monoisotopic (exact) mass is 356 g/mol. The first-order chi connectivity index (χ1) is 13.3. The van der Waals surface area contributed by atoms with E-state index in [1.54, 1.807) is 7.11 Å². The topological polar surface area (TPSA) is 45.5 Å². The first-order valence-electron chi connectivity index (χ1n) is 8.91. The Bertz CT molecular complexity index is 931.